The number of rotatable bonds is 4. The molecule has 1 unspecified atom stereocenters. The minimum atomic E-state index is -0.438. The Balaban J connectivity index is 1.92. The summed E-state index contributed by atoms with van der Waals surface area (Å²) in [6.07, 6.45) is 6.62. The van der Waals surface area contributed by atoms with Crippen LogP contribution in [0.4, 0.5) is 8.78 Å². The first-order valence-corrected chi connectivity index (χ1v) is 6.85. The lowest BCUT2D eigenvalue weighted by atomic mass is 9.94. The van der Waals surface area contributed by atoms with Crippen LogP contribution in [0.3, 0.4) is 0 Å². The third-order valence-electron chi connectivity index (χ3n) is 3.70. The number of hydrogen-bond acceptors (Lipinski definition) is 1. The normalized spacial score (nSPS) is 18.8. The molecule has 100 valence electrons. The molecule has 1 aromatic carbocycles. The van der Waals surface area contributed by atoms with Crippen molar-refractivity contribution in [3.05, 3.63) is 35.4 Å². The van der Waals surface area contributed by atoms with Crippen LogP contribution in [0.25, 0.3) is 0 Å². The van der Waals surface area contributed by atoms with Crippen molar-refractivity contribution in [1.82, 2.24) is 5.32 Å². The lowest BCUT2D eigenvalue weighted by Gasteiger charge is -2.26. The van der Waals surface area contributed by atoms with Crippen molar-refractivity contribution in [3.8, 4) is 0 Å². The van der Waals surface area contributed by atoms with Crippen molar-refractivity contribution in [2.24, 2.45) is 0 Å². The van der Waals surface area contributed by atoms with Crippen LogP contribution in [-0.4, -0.2) is 12.1 Å². The van der Waals surface area contributed by atoms with Crippen molar-refractivity contribution < 1.29 is 8.78 Å². The zero-order valence-corrected chi connectivity index (χ0v) is 10.9. The van der Waals surface area contributed by atoms with Crippen molar-refractivity contribution in [2.45, 2.75) is 57.5 Å². The Morgan fingerprint density at radius 2 is 1.78 bits per heavy atom. The van der Waals surface area contributed by atoms with E-state index in [9.17, 15) is 8.78 Å². The van der Waals surface area contributed by atoms with E-state index in [1.807, 2.05) is 6.92 Å². The summed E-state index contributed by atoms with van der Waals surface area (Å²) in [5.41, 5.74) is 0.202. The molecular weight excluding hydrogens is 232 g/mol. The maximum atomic E-state index is 13.5. The average Bonchev–Trinajstić information content (AvgIpc) is 2.35. The monoisotopic (exact) mass is 253 g/mol. The molecule has 1 N–H and O–H groups in total. The molecule has 1 aliphatic rings. The Hall–Kier alpha value is -0.960. The van der Waals surface area contributed by atoms with Crippen LogP contribution in [0.2, 0.25) is 0 Å². The SMILES string of the molecule is CC(Cc1c(F)cccc1F)NC1CCCCC1. The molecule has 0 radical (unpaired) electrons. The van der Waals surface area contributed by atoms with E-state index >= 15 is 0 Å². The summed E-state index contributed by atoms with van der Waals surface area (Å²) >= 11 is 0. The third-order valence-corrected chi connectivity index (χ3v) is 3.70. The minimum absolute atomic E-state index is 0.111. The number of hydrogen-bond donors (Lipinski definition) is 1. The molecule has 1 nitrogen and oxygen atoms in total. The Kier molecular flexibility index (Phi) is 4.70. The predicted octanol–water partition coefficient (Wildman–Crippen LogP) is 3.82. The summed E-state index contributed by atoms with van der Waals surface area (Å²) in [4.78, 5) is 0. The summed E-state index contributed by atoms with van der Waals surface area (Å²) in [5, 5.41) is 3.49. The highest BCUT2D eigenvalue weighted by molar-refractivity contribution is 5.20. The summed E-state index contributed by atoms with van der Waals surface area (Å²) < 4.78 is 27.0. The van der Waals surface area contributed by atoms with Crippen LogP contribution in [-0.2, 0) is 6.42 Å². The Bertz CT molecular complexity index is 366. The van der Waals surface area contributed by atoms with E-state index in [1.165, 1.54) is 50.3 Å². The van der Waals surface area contributed by atoms with E-state index in [0.29, 0.717) is 12.5 Å². The first-order chi connectivity index (χ1) is 8.66. The van der Waals surface area contributed by atoms with Crippen molar-refractivity contribution in [3.63, 3.8) is 0 Å². The first-order valence-electron chi connectivity index (χ1n) is 6.85. The molecule has 0 saturated heterocycles. The molecule has 1 aliphatic carbocycles. The Labute approximate surface area is 108 Å². The van der Waals surface area contributed by atoms with Gasteiger partial charge < -0.3 is 5.32 Å². The van der Waals surface area contributed by atoms with Gasteiger partial charge in [-0.25, -0.2) is 8.78 Å². The summed E-state index contributed by atoms with van der Waals surface area (Å²) in [7, 11) is 0. The van der Waals surface area contributed by atoms with E-state index in [-0.39, 0.29) is 11.6 Å². The maximum absolute atomic E-state index is 13.5. The standard InChI is InChI=1S/C15H21F2N/c1-11(18-12-6-3-2-4-7-12)10-13-14(16)8-5-9-15(13)17/h5,8-9,11-12,18H,2-4,6-7,10H2,1H3. The second kappa shape index (κ2) is 6.28. The molecule has 3 heteroatoms. The molecule has 2 rings (SSSR count). The lowest BCUT2D eigenvalue weighted by molar-refractivity contribution is 0.340. The van der Waals surface area contributed by atoms with Gasteiger partial charge in [0, 0.05) is 17.6 Å². The van der Waals surface area contributed by atoms with Crippen LogP contribution < -0.4 is 5.32 Å². The van der Waals surface area contributed by atoms with E-state index < -0.39 is 11.6 Å². The van der Waals surface area contributed by atoms with Gasteiger partial charge in [0.1, 0.15) is 11.6 Å². The van der Waals surface area contributed by atoms with E-state index in [0.717, 1.165) is 0 Å². The Morgan fingerprint density at radius 3 is 2.39 bits per heavy atom. The van der Waals surface area contributed by atoms with Crippen molar-refractivity contribution in [2.75, 3.05) is 0 Å². The van der Waals surface area contributed by atoms with Crippen LogP contribution in [0, 0.1) is 11.6 Å². The van der Waals surface area contributed by atoms with E-state index in [4.69, 9.17) is 0 Å². The predicted molar refractivity (Wildman–Crippen MR) is 69.5 cm³/mol. The van der Waals surface area contributed by atoms with Gasteiger partial charge in [0.05, 0.1) is 0 Å². The molecular formula is C15H21F2N. The number of benzene rings is 1. The second-order valence-corrected chi connectivity index (χ2v) is 5.31. The Morgan fingerprint density at radius 1 is 1.17 bits per heavy atom. The zero-order chi connectivity index (χ0) is 13.0. The largest absolute Gasteiger partial charge is 0.311 e. The number of nitrogens with one attached hydrogen (secondary N) is 1. The van der Waals surface area contributed by atoms with Gasteiger partial charge in [-0.3, -0.25) is 0 Å². The molecule has 18 heavy (non-hydrogen) atoms. The van der Waals surface area contributed by atoms with Gasteiger partial charge in [-0.2, -0.15) is 0 Å². The van der Waals surface area contributed by atoms with Gasteiger partial charge in [-0.1, -0.05) is 25.3 Å². The van der Waals surface area contributed by atoms with Gasteiger partial charge >= 0.3 is 0 Å². The van der Waals surface area contributed by atoms with Crippen LogP contribution in [0.1, 0.15) is 44.6 Å². The minimum Gasteiger partial charge on any atom is -0.311 e. The quantitative estimate of drug-likeness (QED) is 0.860. The third kappa shape index (κ3) is 3.52. The lowest BCUT2D eigenvalue weighted by Crippen LogP contribution is -2.39. The van der Waals surface area contributed by atoms with E-state index in [2.05, 4.69) is 5.32 Å². The smallest absolute Gasteiger partial charge is 0.129 e. The van der Waals surface area contributed by atoms with Crippen molar-refractivity contribution in [1.29, 1.82) is 0 Å². The molecule has 0 aliphatic heterocycles. The summed E-state index contributed by atoms with van der Waals surface area (Å²) in [6.45, 7) is 2.00. The first kappa shape index (κ1) is 13.5. The highest BCUT2D eigenvalue weighted by Crippen LogP contribution is 2.19. The van der Waals surface area contributed by atoms with Crippen molar-refractivity contribution >= 4 is 0 Å². The molecule has 0 amide bonds. The van der Waals surface area contributed by atoms with Gasteiger partial charge in [0.25, 0.3) is 0 Å². The molecule has 0 heterocycles. The zero-order valence-electron chi connectivity index (χ0n) is 10.9. The van der Waals surface area contributed by atoms with Gasteiger partial charge in [-0.15, -0.1) is 0 Å². The number of halogens is 2. The molecule has 1 saturated carbocycles. The second-order valence-electron chi connectivity index (χ2n) is 5.31. The fourth-order valence-electron chi connectivity index (χ4n) is 2.76. The average molecular weight is 253 g/mol. The van der Waals surface area contributed by atoms with E-state index in [1.54, 1.807) is 0 Å². The van der Waals surface area contributed by atoms with Crippen LogP contribution >= 0.6 is 0 Å². The maximum Gasteiger partial charge on any atom is 0.129 e. The van der Waals surface area contributed by atoms with Crippen LogP contribution in [0.15, 0.2) is 18.2 Å². The molecule has 0 bridgehead atoms. The fourth-order valence-corrected chi connectivity index (χ4v) is 2.76. The molecule has 0 spiro atoms. The van der Waals surface area contributed by atoms with Gasteiger partial charge in [0.2, 0.25) is 0 Å². The summed E-state index contributed by atoms with van der Waals surface area (Å²) in [5.74, 6) is -0.875. The fraction of sp³-hybridized carbons (Fsp3) is 0.600. The molecule has 1 fully saturated rings. The highest BCUT2D eigenvalue weighted by atomic mass is 19.1. The molecule has 1 atom stereocenters. The van der Waals surface area contributed by atoms with Gasteiger partial charge in [-0.05, 0) is 38.3 Å². The summed E-state index contributed by atoms with van der Waals surface area (Å²) in [6, 6.07) is 4.69. The highest BCUT2D eigenvalue weighted by Gasteiger charge is 2.17. The molecule has 1 aromatic rings. The topological polar surface area (TPSA) is 12.0 Å². The molecule has 0 aromatic heterocycles. The van der Waals surface area contributed by atoms with Crippen LogP contribution in [0.5, 0.6) is 0 Å². The van der Waals surface area contributed by atoms with Gasteiger partial charge in [0.15, 0.2) is 0 Å².